The fourth-order valence-corrected chi connectivity index (χ4v) is 3.57. The van der Waals surface area contributed by atoms with E-state index in [0.29, 0.717) is 23.9 Å². The Bertz CT molecular complexity index is 1020. The number of hydrogen-bond donors (Lipinski definition) is 1. The SMILES string of the molecule is C=CCn1c(Cc2ccccc2)nnc1SCC(=O)Nc1ccccc1C(F)(F)F. The van der Waals surface area contributed by atoms with Gasteiger partial charge in [0.2, 0.25) is 5.91 Å². The minimum atomic E-state index is -4.55. The number of halogens is 3. The molecular weight excluding hydrogens is 413 g/mol. The van der Waals surface area contributed by atoms with Gasteiger partial charge in [0, 0.05) is 13.0 Å². The van der Waals surface area contributed by atoms with Crippen LogP contribution in [0.25, 0.3) is 0 Å². The van der Waals surface area contributed by atoms with Crippen LogP contribution >= 0.6 is 11.8 Å². The van der Waals surface area contributed by atoms with Crippen LogP contribution in [0.3, 0.4) is 0 Å². The van der Waals surface area contributed by atoms with Gasteiger partial charge in [0.15, 0.2) is 5.16 Å². The van der Waals surface area contributed by atoms with Gasteiger partial charge >= 0.3 is 6.18 Å². The largest absolute Gasteiger partial charge is 0.418 e. The van der Waals surface area contributed by atoms with Gasteiger partial charge < -0.3 is 9.88 Å². The van der Waals surface area contributed by atoms with E-state index < -0.39 is 17.6 Å². The van der Waals surface area contributed by atoms with E-state index in [1.54, 1.807) is 6.08 Å². The Kier molecular flexibility index (Phi) is 6.94. The number of benzene rings is 2. The lowest BCUT2D eigenvalue weighted by Gasteiger charge is -2.13. The molecule has 0 bridgehead atoms. The molecule has 0 saturated heterocycles. The van der Waals surface area contributed by atoms with Gasteiger partial charge in [0.25, 0.3) is 0 Å². The van der Waals surface area contributed by atoms with Crippen molar-refractivity contribution in [2.75, 3.05) is 11.1 Å². The fourth-order valence-electron chi connectivity index (χ4n) is 2.80. The van der Waals surface area contributed by atoms with Gasteiger partial charge in [-0.3, -0.25) is 4.79 Å². The van der Waals surface area contributed by atoms with Crippen molar-refractivity contribution in [3.05, 3.63) is 84.2 Å². The molecular formula is C21H19F3N4OS. The molecule has 0 saturated carbocycles. The molecule has 156 valence electrons. The van der Waals surface area contributed by atoms with Gasteiger partial charge in [-0.15, -0.1) is 16.8 Å². The summed E-state index contributed by atoms with van der Waals surface area (Å²) >= 11 is 1.11. The lowest BCUT2D eigenvalue weighted by Crippen LogP contribution is -2.18. The number of hydrogen-bond acceptors (Lipinski definition) is 4. The van der Waals surface area contributed by atoms with Crippen LogP contribution in [0.5, 0.6) is 0 Å². The molecule has 0 fully saturated rings. The number of anilines is 1. The van der Waals surface area contributed by atoms with Crippen molar-refractivity contribution in [3.63, 3.8) is 0 Å². The number of alkyl halides is 3. The van der Waals surface area contributed by atoms with E-state index in [0.717, 1.165) is 23.4 Å². The third-order valence-corrected chi connectivity index (χ3v) is 5.12. The number of amides is 1. The Morgan fingerprint density at radius 2 is 1.80 bits per heavy atom. The number of nitrogens with zero attached hydrogens (tertiary/aromatic N) is 3. The lowest BCUT2D eigenvalue weighted by molar-refractivity contribution is -0.137. The van der Waals surface area contributed by atoms with Crippen molar-refractivity contribution in [2.45, 2.75) is 24.3 Å². The van der Waals surface area contributed by atoms with Crippen molar-refractivity contribution >= 4 is 23.4 Å². The van der Waals surface area contributed by atoms with Crippen LogP contribution in [0.4, 0.5) is 18.9 Å². The van der Waals surface area contributed by atoms with E-state index in [9.17, 15) is 18.0 Å². The molecule has 1 N–H and O–H groups in total. The molecule has 3 aromatic rings. The molecule has 0 aliphatic rings. The van der Waals surface area contributed by atoms with Crippen molar-refractivity contribution in [3.8, 4) is 0 Å². The minimum Gasteiger partial charge on any atom is -0.325 e. The smallest absolute Gasteiger partial charge is 0.325 e. The molecule has 0 aliphatic heterocycles. The van der Waals surface area contributed by atoms with Crippen LogP contribution in [0.1, 0.15) is 17.0 Å². The minimum absolute atomic E-state index is 0.104. The number of nitrogens with one attached hydrogen (secondary N) is 1. The van der Waals surface area contributed by atoms with Gasteiger partial charge in [-0.2, -0.15) is 13.2 Å². The summed E-state index contributed by atoms with van der Waals surface area (Å²) in [5, 5.41) is 11.2. The summed E-state index contributed by atoms with van der Waals surface area (Å²) in [5.41, 5.74) is -0.0930. The molecule has 0 atom stereocenters. The van der Waals surface area contributed by atoms with Crippen molar-refractivity contribution in [1.29, 1.82) is 0 Å². The standard InChI is InChI=1S/C21H19F3N4OS/c1-2-12-28-18(13-15-8-4-3-5-9-15)26-27-20(28)30-14-19(29)25-17-11-7-6-10-16(17)21(22,23)24/h2-11H,1,12-14H2,(H,25,29). The van der Waals surface area contributed by atoms with Crippen molar-refractivity contribution in [2.24, 2.45) is 0 Å². The van der Waals surface area contributed by atoms with Crippen molar-refractivity contribution < 1.29 is 18.0 Å². The van der Waals surface area contributed by atoms with E-state index in [4.69, 9.17) is 0 Å². The Labute approximate surface area is 176 Å². The molecule has 3 rings (SSSR count). The molecule has 30 heavy (non-hydrogen) atoms. The number of rotatable bonds is 8. The number of carbonyl (C=O) groups is 1. The summed E-state index contributed by atoms with van der Waals surface area (Å²) in [6.45, 7) is 4.19. The molecule has 2 aromatic carbocycles. The summed E-state index contributed by atoms with van der Waals surface area (Å²) in [6, 6.07) is 14.6. The summed E-state index contributed by atoms with van der Waals surface area (Å²) in [4.78, 5) is 12.3. The molecule has 1 heterocycles. The fraction of sp³-hybridized carbons (Fsp3) is 0.190. The maximum atomic E-state index is 13.1. The first-order valence-electron chi connectivity index (χ1n) is 9.04. The van der Waals surface area contributed by atoms with Crippen LogP contribution in [-0.2, 0) is 23.9 Å². The third-order valence-electron chi connectivity index (χ3n) is 4.15. The van der Waals surface area contributed by atoms with Gasteiger partial charge in [0.05, 0.1) is 17.0 Å². The summed E-state index contributed by atoms with van der Waals surface area (Å²) < 4.78 is 41.1. The summed E-state index contributed by atoms with van der Waals surface area (Å²) in [6.07, 6.45) is -2.29. The highest BCUT2D eigenvalue weighted by Crippen LogP contribution is 2.34. The Morgan fingerprint density at radius 3 is 2.50 bits per heavy atom. The van der Waals surface area contributed by atoms with Gasteiger partial charge in [0.1, 0.15) is 5.82 Å². The maximum absolute atomic E-state index is 13.1. The van der Waals surface area contributed by atoms with Gasteiger partial charge in [-0.05, 0) is 17.7 Å². The second-order valence-electron chi connectivity index (χ2n) is 6.34. The monoisotopic (exact) mass is 432 g/mol. The van der Waals surface area contributed by atoms with Crippen LogP contribution < -0.4 is 5.32 Å². The predicted molar refractivity (Wildman–Crippen MR) is 110 cm³/mol. The molecule has 0 spiro atoms. The lowest BCUT2D eigenvalue weighted by atomic mass is 10.1. The maximum Gasteiger partial charge on any atom is 0.418 e. The Morgan fingerprint density at radius 1 is 1.10 bits per heavy atom. The number of carbonyl (C=O) groups excluding carboxylic acids is 1. The van der Waals surface area contributed by atoms with Crippen molar-refractivity contribution in [1.82, 2.24) is 14.8 Å². The third kappa shape index (κ3) is 5.50. The van der Waals surface area contributed by atoms with E-state index in [2.05, 4.69) is 22.1 Å². The van der Waals surface area contributed by atoms with Crippen LogP contribution in [0, 0.1) is 0 Å². The molecule has 0 unspecified atom stereocenters. The molecule has 9 heteroatoms. The zero-order valence-electron chi connectivity index (χ0n) is 15.9. The topological polar surface area (TPSA) is 59.8 Å². The van der Waals surface area contributed by atoms with Crippen LogP contribution in [0.2, 0.25) is 0 Å². The normalized spacial score (nSPS) is 11.3. The quantitative estimate of drug-likeness (QED) is 0.410. The average molecular weight is 432 g/mol. The molecule has 0 aliphatic carbocycles. The number of para-hydroxylation sites is 1. The zero-order chi connectivity index (χ0) is 21.6. The average Bonchev–Trinajstić information content (AvgIpc) is 3.08. The molecule has 0 radical (unpaired) electrons. The first kappa shape index (κ1) is 21.6. The van der Waals surface area contributed by atoms with Crippen LogP contribution in [-0.4, -0.2) is 26.4 Å². The first-order valence-corrected chi connectivity index (χ1v) is 10.0. The van der Waals surface area contributed by atoms with E-state index in [1.807, 2.05) is 34.9 Å². The second-order valence-corrected chi connectivity index (χ2v) is 7.28. The summed E-state index contributed by atoms with van der Waals surface area (Å²) in [5.74, 6) is 0.0492. The number of aromatic nitrogens is 3. The summed E-state index contributed by atoms with van der Waals surface area (Å²) in [7, 11) is 0. The predicted octanol–water partition coefficient (Wildman–Crippen LogP) is 4.80. The van der Waals surface area contributed by atoms with E-state index in [1.165, 1.54) is 18.2 Å². The van der Waals surface area contributed by atoms with Gasteiger partial charge in [-0.1, -0.05) is 60.3 Å². The Hall–Kier alpha value is -3.07. The molecule has 1 aromatic heterocycles. The Balaban J connectivity index is 1.69. The van der Waals surface area contributed by atoms with E-state index in [-0.39, 0.29) is 11.4 Å². The highest BCUT2D eigenvalue weighted by Gasteiger charge is 2.33. The zero-order valence-corrected chi connectivity index (χ0v) is 16.7. The molecule has 1 amide bonds. The van der Waals surface area contributed by atoms with Gasteiger partial charge in [-0.25, -0.2) is 0 Å². The first-order chi connectivity index (χ1) is 14.4. The number of allylic oxidation sites excluding steroid dienone is 1. The number of thioether (sulfide) groups is 1. The highest BCUT2D eigenvalue weighted by molar-refractivity contribution is 7.99. The second kappa shape index (κ2) is 9.62. The highest BCUT2D eigenvalue weighted by atomic mass is 32.2. The molecule has 5 nitrogen and oxygen atoms in total. The van der Waals surface area contributed by atoms with Crippen LogP contribution in [0.15, 0.2) is 72.4 Å². The van der Waals surface area contributed by atoms with E-state index >= 15 is 0 Å².